The number of rotatable bonds is 18. The van der Waals surface area contributed by atoms with Gasteiger partial charge in [0.1, 0.15) is 30.4 Å². The lowest BCUT2D eigenvalue weighted by Gasteiger charge is -2.46. The van der Waals surface area contributed by atoms with Crippen molar-refractivity contribution in [3.05, 3.63) is 246 Å². The van der Waals surface area contributed by atoms with Gasteiger partial charge in [0.25, 0.3) is 0 Å². The highest BCUT2D eigenvalue weighted by Crippen LogP contribution is 2.38. The lowest BCUT2D eigenvalue weighted by atomic mass is 9.97. The molecule has 0 aliphatic carbocycles. The molecule has 77 heavy (non-hydrogen) atoms. The third-order valence-corrected chi connectivity index (χ3v) is 13.4. The van der Waals surface area contributed by atoms with Crippen LogP contribution in [0, 0.1) is 0 Å². The number of aliphatic hydroxyl groups excluding tert-OH is 1. The summed E-state index contributed by atoms with van der Waals surface area (Å²) in [6.45, 7) is -1.28. The fourth-order valence-electron chi connectivity index (χ4n) is 8.41. The minimum absolute atomic E-state index is 0.0691. The van der Waals surface area contributed by atoms with E-state index in [1.165, 1.54) is 60.7 Å². The number of aliphatic hydroxyl groups is 1. The lowest BCUT2D eigenvalue weighted by Crippen LogP contribution is -2.64. The molecule has 0 aromatic heterocycles. The number of thioether (sulfide) groups is 1. The summed E-state index contributed by atoms with van der Waals surface area (Å²) in [7, 11) is 0. The van der Waals surface area contributed by atoms with Gasteiger partial charge in [0.15, 0.2) is 36.8 Å². The standard InChI is InChI=1S/C60H50O16S/c61-47-48(72-54(63)39-24-10-2-11-25-39)45(71-60(77-44-34-20-7-21-35-44)50(47)74-56(65)41-28-14-4-15-29-41)37-69-59-52(76-58(67)43-32-18-6-19-33-43)51(75-57(66)42-30-16-5-17-31-42)49(73-55(64)40-26-12-3-13-27-40)46(70-59)36-68-53(62)38-22-8-1-9-23-38/h1-35,45-52,59-61H,36-37H2/t45-,46-,47+,48-,49-,50+,51+,52+,59+,60-/m1/s1. The molecule has 7 aromatic rings. The first-order valence-electron chi connectivity index (χ1n) is 24.4. The van der Waals surface area contributed by atoms with Gasteiger partial charge in [0, 0.05) is 4.90 Å². The zero-order valence-electron chi connectivity index (χ0n) is 40.9. The molecule has 9 rings (SSSR count). The second kappa shape index (κ2) is 25.9. The van der Waals surface area contributed by atoms with E-state index >= 15 is 0 Å². The van der Waals surface area contributed by atoms with Gasteiger partial charge < -0.3 is 47.7 Å². The summed E-state index contributed by atoms with van der Waals surface area (Å²) in [5.74, 6) is -5.21. The van der Waals surface area contributed by atoms with E-state index in [-0.39, 0.29) is 33.4 Å². The molecule has 2 aliphatic heterocycles. The normalized spacial score (nSPS) is 22.8. The molecule has 2 aliphatic rings. The van der Waals surface area contributed by atoms with Crippen LogP contribution in [0.3, 0.4) is 0 Å². The molecule has 0 spiro atoms. The number of hydrogen-bond acceptors (Lipinski definition) is 17. The maximum atomic E-state index is 14.3. The van der Waals surface area contributed by atoms with Crippen LogP contribution in [0.5, 0.6) is 0 Å². The molecular formula is C60H50O16S. The minimum Gasteiger partial charge on any atom is -0.459 e. The van der Waals surface area contributed by atoms with E-state index in [1.54, 1.807) is 146 Å². The summed E-state index contributed by atoms with van der Waals surface area (Å²) in [5.41, 5.74) is -0.482. The summed E-state index contributed by atoms with van der Waals surface area (Å²) in [4.78, 5) is 84.5. The average molecular weight is 1060 g/mol. The van der Waals surface area contributed by atoms with Crippen LogP contribution in [-0.4, -0.2) is 115 Å². The third kappa shape index (κ3) is 13.7. The minimum atomic E-state index is -1.80. The highest BCUT2D eigenvalue weighted by atomic mass is 32.2. The number of ether oxygens (including phenoxy) is 9. The fraction of sp³-hybridized carbons (Fsp3) is 0.200. The van der Waals surface area contributed by atoms with Gasteiger partial charge in [-0.3, -0.25) is 0 Å². The van der Waals surface area contributed by atoms with Crippen molar-refractivity contribution in [2.75, 3.05) is 13.2 Å². The molecule has 2 saturated heterocycles. The maximum Gasteiger partial charge on any atom is 0.338 e. The molecular weight excluding hydrogens is 1010 g/mol. The van der Waals surface area contributed by atoms with Crippen molar-refractivity contribution in [2.24, 2.45) is 0 Å². The van der Waals surface area contributed by atoms with Crippen LogP contribution in [0.4, 0.5) is 0 Å². The first kappa shape index (κ1) is 53.4. The molecule has 0 unspecified atom stereocenters. The zero-order chi connectivity index (χ0) is 53.5. The van der Waals surface area contributed by atoms with Crippen molar-refractivity contribution in [3.8, 4) is 0 Å². The summed E-state index contributed by atoms with van der Waals surface area (Å²) in [6, 6.07) is 56.7. The largest absolute Gasteiger partial charge is 0.459 e. The predicted molar refractivity (Wildman–Crippen MR) is 277 cm³/mol. The Morgan fingerprint density at radius 1 is 0.364 bits per heavy atom. The highest BCUT2D eigenvalue weighted by molar-refractivity contribution is 7.99. The Hall–Kier alpha value is -8.45. The van der Waals surface area contributed by atoms with Crippen molar-refractivity contribution in [1.82, 2.24) is 0 Å². The number of hydrogen-bond donors (Lipinski definition) is 1. The molecule has 10 atom stereocenters. The molecule has 7 aromatic carbocycles. The average Bonchev–Trinajstić information content (AvgIpc) is 3.52. The van der Waals surface area contributed by atoms with Crippen LogP contribution < -0.4 is 0 Å². The van der Waals surface area contributed by atoms with Crippen molar-refractivity contribution >= 4 is 47.6 Å². The topological polar surface area (TPSA) is 206 Å². The number of benzene rings is 7. The first-order chi connectivity index (χ1) is 37.6. The van der Waals surface area contributed by atoms with Gasteiger partial charge in [-0.1, -0.05) is 139 Å². The predicted octanol–water partition coefficient (Wildman–Crippen LogP) is 8.59. The van der Waals surface area contributed by atoms with E-state index in [0.717, 1.165) is 11.8 Å². The van der Waals surface area contributed by atoms with Crippen LogP contribution in [0.25, 0.3) is 0 Å². The van der Waals surface area contributed by atoms with Crippen molar-refractivity contribution in [1.29, 1.82) is 0 Å². The van der Waals surface area contributed by atoms with Crippen LogP contribution in [-0.2, 0) is 42.6 Å². The van der Waals surface area contributed by atoms with Crippen LogP contribution in [0.2, 0.25) is 0 Å². The van der Waals surface area contributed by atoms with E-state index in [4.69, 9.17) is 42.6 Å². The van der Waals surface area contributed by atoms with Gasteiger partial charge in [-0.05, 0) is 84.9 Å². The van der Waals surface area contributed by atoms with E-state index in [1.807, 2.05) is 6.07 Å². The molecule has 0 saturated carbocycles. The molecule has 1 N–H and O–H groups in total. The van der Waals surface area contributed by atoms with Gasteiger partial charge in [-0.15, -0.1) is 0 Å². The number of carbonyl (C=O) groups is 6. The summed E-state index contributed by atoms with van der Waals surface area (Å²) in [6.07, 6.45) is -14.9. The third-order valence-electron chi connectivity index (χ3n) is 12.3. The summed E-state index contributed by atoms with van der Waals surface area (Å²) < 4.78 is 56.4. The SMILES string of the molecule is O=C(OC[C@H]1O[C@H](OC[C@H]2O[C@H](Sc3ccccc3)[C@@H](OC(=O)c3ccccc3)[C@@H](O)[C@@H]2OC(=O)c2ccccc2)[C@@H](OC(=O)c2ccccc2)[C@@H](OC(=O)c2ccccc2)[C@@H]1OC(=O)c1ccccc1)c1ccccc1. The van der Waals surface area contributed by atoms with Crippen LogP contribution in [0.15, 0.2) is 217 Å². The fourth-order valence-corrected chi connectivity index (χ4v) is 9.54. The van der Waals surface area contributed by atoms with Gasteiger partial charge in [0.05, 0.1) is 40.0 Å². The van der Waals surface area contributed by atoms with Gasteiger partial charge in [-0.25, -0.2) is 28.8 Å². The molecule has 0 radical (unpaired) electrons. The Morgan fingerprint density at radius 2 is 0.688 bits per heavy atom. The molecule has 17 heteroatoms. The molecule has 2 heterocycles. The second-order valence-electron chi connectivity index (χ2n) is 17.5. The molecule has 2 fully saturated rings. The summed E-state index contributed by atoms with van der Waals surface area (Å²) >= 11 is 1.11. The second-order valence-corrected chi connectivity index (χ2v) is 18.7. The molecule has 16 nitrogen and oxygen atoms in total. The molecule has 0 amide bonds. The van der Waals surface area contributed by atoms with Crippen LogP contribution >= 0.6 is 11.8 Å². The van der Waals surface area contributed by atoms with E-state index in [2.05, 4.69) is 0 Å². The Labute approximate surface area is 446 Å². The monoisotopic (exact) mass is 1060 g/mol. The first-order valence-corrected chi connectivity index (χ1v) is 25.3. The number of carbonyl (C=O) groups excluding carboxylic acids is 6. The van der Waals surface area contributed by atoms with Gasteiger partial charge in [-0.2, -0.15) is 0 Å². The maximum absolute atomic E-state index is 14.3. The number of esters is 6. The van der Waals surface area contributed by atoms with Crippen LogP contribution in [0.1, 0.15) is 62.1 Å². The Kier molecular flexibility index (Phi) is 17.9. The van der Waals surface area contributed by atoms with Crippen molar-refractivity contribution in [3.63, 3.8) is 0 Å². The van der Waals surface area contributed by atoms with E-state index in [0.29, 0.717) is 4.90 Å². The van der Waals surface area contributed by atoms with E-state index < -0.39 is 110 Å². The zero-order valence-corrected chi connectivity index (χ0v) is 41.7. The Bertz CT molecular complexity index is 3070. The van der Waals surface area contributed by atoms with Crippen molar-refractivity contribution < 1.29 is 76.5 Å². The van der Waals surface area contributed by atoms with Gasteiger partial charge in [0.2, 0.25) is 0 Å². The molecule has 392 valence electrons. The van der Waals surface area contributed by atoms with Gasteiger partial charge >= 0.3 is 35.8 Å². The lowest BCUT2D eigenvalue weighted by molar-refractivity contribution is -0.309. The smallest absolute Gasteiger partial charge is 0.338 e. The molecule has 0 bridgehead atoms. The van der Waals surface area contributed by atoms with Crippen molar-refractivity contribution in [2.45, 2.75) is 65.5 Å². The Morgan fingerprint density at radius 3 is 1.10 bits per heavy atom. The van der Waals surface area contributed by atoms with E-state index in [9.17, 15) is 33.9 Å². The highest BCUT2D eigenvalue weighted by Gasteiger charge is 2.55. The Balaban J connectivity index is 1.11. The summed E-state index contributed by atoms with van der Waals surface area (Å²) in [5, 5.41) is 12.4. The quantitative estimate of drug-likeness (QED) is 0.0631.